The fourth-order valence-electron chi connectivity index (χ4n) is 3.30. The summed E-state index contributed by atoms with van der Waals surface area (Å²) in [5.41, 5.74) is 4.52. The number of rotatable bonds is 7. The van der Waals surface area contributed by atoms with Crippen molar-refractivity contribution in [2.24, 2.45) is 4.99 Å². The lowest BCUT2D eigenvalue weighted by Gasteiger charge is -2.07. The average molecular weight is 510 g/mol. The summed E-state index contributed by atoms with van der Waals surface area (Å²) in [6, 6.07) is 16.3. The van der Waals surface area contributed by atoms with Gasteiger partial charge in [-0.05, 0) is 49.6 Å². The molecule has 1 aromatic carbocycles. The van der Waals surface area contributed by atoms with Gasteiger partial charge in [0.25, 0.3) is 0 Å². The molecule has 1 amide bonds. The predicted molar refractivity (Wildman–Crippen MR) is 146 cm³/mol. The van der Waals surface area contributed by atoms with Gasteiger partial charge in [-0.2, -0.15) is 0 Å². The number of aromatic nitrogens is 1. The normalized spacial score (nSPS) is 12.6. The number of fused-ring (bicyclic) bond motifs is 1. The third-order valence-corrected chi connectivity index (χ3v) is 7.34. The summed E-state index contributed by atoms with van der Waals surface area (Å²) in [6.07, 6.45) is 7.28. The number of thiophene rings is 1. The second kappa shape index (κ2) is 13.3. The molecule has 0 radical (unpaired) electrons. The van der Waals surface area contributed by atoms with Crippen LogP contribution in [-0.2, 0) is 11.2 Å². The van der Waals surface area contributed by atoms with Crippen LogP contribution in [0.25, 0.3) is 0 Å². The third kappa shape index (κ3) is 7.42. The van der Waals surface area contributed by atoms with Crippen LogP contribution in [0.3, 0.4) is 0 Å². The predicted octanol–water partition coefficient (Wildman–Crippen LogP) is 7.30. The van der Waals surface area contributed by atoms with Crippen LogP contribution in [0.1, 0.15) is 42.7 Å². The first-order valence-electron chi connectivity index (χ1n) is 11.1. The van der Waals surface area contributed by atoms with E-state index in [-0.39, 0.29) is 5.91 Å². The molecule has 2 aromatic heterocycles. The second-order valence-corrected chi connectivity index (χ2v) is 10.4. The van der Waals surface area contributed by atoms with Gasteiger partial charge in [0.1, 0.15) is 0 Å². The van der Waals surface area contributed by atoms with Gasteiger partial charge in [0.15, 0.2) is 0 Å². The minimum atomic E-state index is 0.0175. The minimum Gasteiger partial charge on any atom is -0.356 e. The van der Waals surface area contributed by atoms with Crippen molar-refractivity contribution in [2.45, 2.75) is 38.0 Å². The van der Waals surface area contributed by atoms with Crippen LogP contribution in [0, 0.1) is 0 Å². The molecule has 0 saturated carbocycles. The maximum Gasteiger partial charge on any atom is 0.223 e. The number of nitrogens with one attached hydrogen (secondary N) is 1. The lowest BCUT2D eigenvalue weighted by Crippen LogP contribution is -2.24. The Morgan fingerprint density at radius 2 is 2.00 bits per heavy atom. The molecule has 0 unspecified atom stereocenters. The van der Waals surface area contributed by atoms with Crippen LogP contribution in [0.2, 0.25) is 4.34 Å². The first-order chi connectivity index (χ1) is 16.5. The molecule has 4 rings (SSSR count). The number of thioether (sulfide) groups is 1. The fraction of sp³-hybridized carbons (Fsp3) is 0.222. The lowest BCUT2D eigenvalue weighted by molar-refractivity contribution is -0.120. The van der Waals surface area contributed by atoms with Crippen LogP contribution < -0.4 is 5.32 Å². The summed E-state index contributed by atoms with van der Waals surface area (Å²) >= 11 is 9.48. The number of carbonyl (C=O) groups is 1. The van der Waals surface area contributed by atoms with E-state index in [1.54, 1.807) is 29.8 Å². The van der Waals surface area contributed by atoms with E-state index < -0.39 is 0 Å². The Balaban J connectivity index is 0.000000204. The molecule has 34 heavy (non-hydrogen) atoms. The number of hydrogen-bond acceptors (Lipinski definition) is 5. The molecule has 7 heteroatoms. The van der Waals surface area contributed by atoms with Crippen LogP contribution in [-0.4, -0.2) is 23.1 Å². The van der Waals surface area contributed by atoms with Gasteiger partial charge < -0.3 is 5.32 Å². The molecular formula is C27H28ClN3OS2. The van der Waals surface area contributed by atoms with Crippen molar-refractivity contribution < 1.29 is 4.79 Å². The van der Waals surface area contributed by atoms with E-state index in [0.717, 1.165) is 39.0 Å². The zero-order valence-corrected chi connectivity index (χ0v) is 21.8. The number of pyridine rings is 1. The summed E-state index contributed by atoms with van der Waals surface area (Å²) in [5.74, 6) is 0.0175. The van der Waals surface area contributed by atoms with Gasteiger partial charge in [0, 0.05) is 40.7 Å². The fourth-order valence-corrected chi connectivity index (χ4v) is 5.41. The van der Waals surface area contributed by atoms with E-state index in [4.69, 9.17) is 16.6 Å². The highest BCUT2D eigenvalue weighted by atomic mass is 35.5. The summed E-state index contributed by atoms with van der Waals surface area (Å²) in [4.78, 5) is 23.6. The standard InChI is InChI=1S/C16H14ClNS2.C11H14N2O/c1-3-12-10(2)19-13-7-5-4-6-11(13)16(18-12)14-8-9-15(17)20-14;1-2-4-11(14)13-8-6-10-5-3-7-12-9-10/h4-9H,3H2,1-2H3;2-3,5,7,9H,1,4,6,8H2,(H,13,14). The number of nitrogens with zero attached hydrogens (tertiary/aromatic N) is 2. The molecule has 4 nitrogen and oxygen atoms in total. The van der Waals surface area contributed by atoms with Crippen molar-refractivity contribution in [1.82, 2.24) is 10.3 Å². The Labute approximate surface area is 214 Å². The highest BCUT2D eigenvalue weighted by Gasteiger charge is 2.19. The van der Waals surface area contributed by atoms with E-state index in [0.29, 0.717) is 13.0 Å². The number of aliphatic imine (C=N–C) groups is 1. The summed E-state index contributed by atoms with van der Waals surface area (Å²) < 4.78 is 0.802. The number of carbonyl (C=O) groups excluding carboxylic acids is 1. The van der Waals surface area contributed by atoms with Crippen LogP contribution in [0.5, 0.6) is 0 Å². The third-order valence-electron chi connectivity index (χ3n) is 4.99. The molecule has 0 saturated heterocycles. The molecule has 176 valence electrons. The van der Waals surface area contributed by atoms with Crippen LogP contribution in [0.15, 0.2) is 94.1 Å². The number of amides is 1. The lowest BCUT2D eigenvalue weighted by atomic mass is 10.1. The van der Waals surface area contributed by atoms with Crippen molar-refractivity contribution in [3.05, 3.63) is 105 Å². The molecule has 0 spiro atoms. The van der Waals surface area contributed by atoms with Gasteiger partial charge >= 0.3 is 0 Å². The number of halogens is 1. The highest BCUT2D eigenvalue weighted by molar-refractivity contribution is 8.03. The highest BCUT2D eigenvalue weighted by Crippen LogP contribution is 2.38. The number of benzene rings is 1. The molecule has 0 aliphatic carbocycles. The van der Waals surface area contributed by atoms with Gasteiger partial charge in [0.2, 0.25) is 5.91 Å². The van der Waals surface area contributed by atoms with E-state index in [1.807, 2.05) is 30.0 Å². The van der Waals surface area contributed by atoms with Gasteiger partial charge in [-0.1, -0.05) is 60.6 Å². The zero-order valence-electron chi connectivity index (χ0n) is 19.4. The average Bonchev–Trinajstić information content (AvgIpc) is 3.21. The molecule has 1 N–H and O–H groups in total. The van der Waals surface area contributed by atoms with Crippen molar-refractivity contribution in [3.8, 4) is 0 Å². The molecule has 3 heterocycles. The molecule has 3 aromatic rings. The van der Waals surface area contributed by atoms with Crippen molar-refractivity contribution in [1.29, 1.82) is 0 Å². The van der Waals surface area contributed by atoms with Crippen molar-refractivity contribution in [3.63, 3.8) is 0 Å². The molecule has 0 atom stereocenters. The Bertz CT molecular complexity index is 1190. The second-order valence-electron chi connectivity index (χ2n) is 7.47. The summed E-state index contributed by atoms with van der Waals surface area (Å²) in [6.45, 7) is 8.44. The Kier molecular flexibility index (Phi) is 10.1. The van der Waals surface area contributed by atoms with Gasteiger partial charge in [-0.15, -0.1) is 17.9 Å². The maximum atomic E-state index is 11.0. The van der Waals surface area contributed by atoms with Crippen molar-refractivity contribution >= 4 is 46.3 Å². The molecular weight excluding hydrogens is 482 g/mol. The van der Waals surface area contributed by atoms with E-state index in [1.165, 1.54) is 15.4 Å². The largest absolute Gasteiger partial charge is 0.356 e. The van der Waals surface area contributed by atoms with Crippen molar-refractivity contribution in [2.75, 3.05) is 6.54 Å². The first-order valence-corrected chi connectivity index (χ1v) is 13.1. The van der Waals surface area contributed by atoms with Gasteiger partial charge in [0.05, 0.1) is 20.6 Å². The summed E-state index contributed by atoms with van der Waals surface area (Å²) in [5, 5.41) is 2.79. The number of hydrogen-bond donors (Lipinski definition) is 1. The number of allylic oxidation sites excluding steroid dienone is 2. The minimum absolute atomic E-state index is 0.0175. The van der Waals surface area contributed by atoms with Crippen LogP contribution >= 0.6 is 34.7 Å². The molecule has 1 aliphatic rings. The first kappa shape index (κ1) is 25.9. The molecule has 1 aliphatic heterocycles. The molecule has 0 fully saturated rings. The maximum absolute atomic E-state index is 11.0. The Hall–Kier alpha value is -2.67. The summed E-state index contributed by atoms with van der Waals surface area (Å²) in [7, 11) is 0. The van der Waals surface area contributed by atoms with Crippen LogP contribution in [0.4, 0.5) is 0 Å². The molecule has 0 bridgehead atoms. The SMILES string of the molecule is C=CCC(=O)NCCc1cccnc1.CCC1=C(C)Sc2ccccc2C(c2ccc(Cl)s2)=N1. The van der Waals surface area contributed by atoms with E-state index in [2.05, 4.69) is 61.1 Å². The van der Waals surface area contributed by atoms with Gasteiger partial charge in [-0.3, -0.25) is 14.8 Å². The van der Waals surface area contributed by atoms with E-state index >= 15 is 0 Å². The topological polar surface area (TPSA) is 54.4 Å². The quantitative estimate of drug-likeness (QED) is 0.340. The van der Waals surface area contributed by atoms with Gasteiger partial charge in [-0.25, -0.2) is 0 Å². The zero-order chi connectivity index (χ0) is 24.3. The monoisotopic (exact) mass is 509 g/mol. The van der Waals surface area contributed by atoms with E-state index in [9.17, 15) is 4.79 Å². The Morgan fingerprint density at radius 1 is 1.18 bits per heavy atom. The smallest absolute Gasteiger partial charge is 0.223 e. The Morgan fingerprint density at radius 3 is 2.68 bits per heavy atom.